The number of pyridine rings is 1. The van der Waals surface area contributed by atoms with Crippen molar-refractivity contribution in [3.8, 4) is 5.88 Å². The number of carbonyl (C=O) groups excluding carboxylic acids is 1. The molecule has 2 rings (SSSR count). The topological polar surface area (TPSA) is 91.8 Å². The Morgan fingerprint density at radius 3 is 2.60 bits per heavy atom. The predicted molar refractivity (Wildman–Crippen MR) is 116 cm³/mol. The molecular formula is C21H26FN3O4S. The molecule has 2 aromatic rings. The van der Waals surface area contributed by atoms with Crippen LogP contribution in [0.15, 0.2) is 36.4 Å². The van der Waals surface area contributed by atoms with E-state index < -0.39 is 17.1 Å². The maximum absolute atomic E-state index is 14.1. The van der Waals surface area contributed by atoms with Crippen LogP contribution in [0.3, 0.4) is 0 Å². The van der Waals surface area contributed by atoms with Crippen LogP contribution in [0.5, 0.6) is 5.88 Å². The molecule has 1 aromatic heterocycles. The van der Waals surface area contributed by atoms with Gasteiger partial charge in [-0.15, -0.1) is 0 Å². The number of amides is 1. The number of rotatable bonds is 7. The van der Waals surface area contributed by atoms with Crippen LogP contribution in [-0.2, 0) is 28.0 Å². The second-order valence-electron chi connectivity index (χ2n) is 7.61. The number of hydrogen-bond acceptors (Lipinski definition) is 4. The number of anilines is 1. The zero-order valence-corrected chi connectivity index (χ0v) is 18.4. The van der Waals surface area contributed by atoms with E-state index in [0.717, 1.165) is 10.00 Å². The van der Waals surface area contributed by atoms with E-state index in [0.29, 0.717) is 17.0 Å². The molecule has 7 nitrogen and oxygen atoms in total. The van der Waals surface area contributed by atoms with Gasteiger partial charge in [-0.2, -0.15) is 0 Å². The van der Waals surface area contributed by atoms with Crippen molar-refractivity contribution in [2.75, 3.05) is 18.5 Å². The molecule has 0 spiro atoms. The van der Waals surface area contributed by atoms with Crippen molar-refractivity contribution in [3.63, 3.8) is 0 Å². The molecule has 162 valence electrons. The molecule has 0 aliphatic heterocycles. The Balaban J connectivity index is 2.04. The maximum Gasteiger partial charge on any atom is 0.261 e. The number of aromatic nitrogens is 1. The van der Waals surface area contributed by atoms with Crippen molar-refractivity contribution < 1.29 is 22.7 Å². The third-order valence-corrected chi connectivity index (χ3v) is 4.98. The molecule has 0 aliphatic rings. The molecule has 1 heterocycles. The van der Waals surface area contributed by atoms with Gasteiger partial charge in [0.2, 0.25) is 11.8 Å². The van der Waals surface area contributed by atoms with Gasteiger partial charge in [-0.05, 0) is 35.9 Å². The van der Waals surface area contributed by atoms with Crippen LogP contribution in [0.4, 0.5) is 10.1 Å². The Kier molecular flexibility index (Phi) is 7.69. The van der Waals surface area contributed by atoms with Crippen LogP contribution in [0.25, 0.3) is 6.08 Å². The summed E-state index contributed by atoms with van der Waals surface area (Å²) in [6.07, 6.45) is 2.95. The van der Waals surface area contributed by atoms with Gasteiger partial charge in [0.15, 0.2) is 0 Å². The lowest BCUT2D eigenvalue weighted by molar-refractivity contribution is -0.116. The lowest BCUT2D eigenvalue weighted by Gasteiger charge is -2.18. The van der Waals surface area contributed by atoms with E-state index in [-0.39, 0.29) is 23.6 Å². The van der Waals surface area contributed by atoms with E-state index >= 15 is 0 Å². The fourth-order valence-corrected chi connectivity index (χ4v) is 2.89. The lowest BCUT2D eigenvalue weighted by atomic mass is 9.91. The number of methoxy groups -OCH3 is 1. The first kappa shape index (κ1) is 23.5. The number of nitrogens with one attached hydrogen (secondary N) is 1. The minimum absolute atomic E-state index is 0.0101. The highest BCUT2D eigenvalue weighted by molar-refractivity contribution is 7.80. The molecule has 0 radical (unpaired) electrons. The van der Waals surface area contributed by atoms with Gasteiger partial charge in [0, 0.05) is 36.3 Å². The molecule has 0 saturated carbocycles. The lowest BCUT2D eigenvalue weighted by Crippen LogP contribution is -2.22. The highest BCUT2D eigenvalue weighted by Crippen LogP contribution is 2.25. The number of hydrogen-bond donors (Lipinski definition) is 2. The first-order chi connectivity index (χ1) is 14.0. The normalized spacial score (nSPS) is 12.6. The van der Waals surface area contributed by atoms with E-state index in [2.05, 4.69) is 10.3 Å². The van der Waals surface area contributed by atoms with Crippen molar-refractivity contribution in [1.82, 2.24) is 10.3 Å². The van der Waals surface area contributed by atoms with E-state index in [1.165, 1.54) is 32.4 Å². The van der Waals surface area contributed by atoms with Gasteiger partial charge in [-0.3, -0.25) is 13.7 Å². The minimum atomic E-state index is -2.32. The van der Waals surface area contributed by atoms with Crippen LogP contribution in [0.2, 0.25) is 0 Å². The number of carbonyl (C=O) groups is 1. The maximum atomic E-state index is 14.1. The minimum Gasteiger partial charge on any atom is -0.481 e. The summed E-state index contributed by atoms with van der Waals surface area (Å²) in [7, 11) is 2.83. The highest BCUT2D eigenvalue weighted by Gasteiger charge is 2.17. The summed E-state index contributed by atoms with van der Waals surface area (Å²) in [6.45, 7) is 6.25. The van der Waals surface area contributed by atoms with Crippen molar-refractivity contribution in [1.29, 1.82) is 0 Å². The Labute approximate surface area is 178 Å². The van der Waals surface area contributed by atoms with E-state index in [9.17, 15) is 13.4 Å². The number of nitrogens with zero attached hydrogens (tertiary/aromatic N) is 2. The first-order valence-corrected chi connectivity index (χ1v) is 10.2. The Hall–Kier alpha value is -2.78. The summed E-state index contributed by atoms with van der Waals surface area (Å²) in [5, 5.41) is 2.66. The smallest absolute Gasteiger partial charge is 0.261 e. The molecule has 1 unspecified atom stereocenters. The number of halogens is 1. The summed E-state index contributed by atoms with van der Waals surface area (Å²) in [5.41, 5.74) is 1.92. The summed E-state index contributed by atoms with van der Waals surface area (Å²) in [4.78, 5) is 16.6. The second-order valence-corrected chi connectivity index (χ2v) is 8.62. The van der Waals surface area contributed by atoms with Crippen molar-refractivity contribution in [3.05, 3.63) is 59.0 Å². The van der Waals surface area contributed by atoms with Crippen LogP contribution in [0, 0.1) is 5.82 Å². The third kappa shape index (κ3) is 6.11. The van der Waals surface area contributed by atoms with E-state index in [4.69, 9.17) is 9.29 Å². The van der Waals surface area contributed by atoms with Gasteiger partial charge in [0.1, 0.15) is 5.82 Å². The van der Waals surface area contributed by atoms with Crippen LogP contribution >= 0.6 is 0 Å². The van der Waals surface area contributed by atoms with E-state index in [1.54, 1.807) is 12.1 Å². The van der Waals surface area contributed by atoms with Gasteiger partial charge in [-0.1, -0.05) is 26.8 Å². The van der Waals surface area contributed by atoms with Crippen molar-refractivity contribution >= 4 is 28.9 Å². The highest BCUT2D eigenvalue weighted by atomic mass is 32.2. The van der Waals surface area contributed by atoms with Crippen LogP contribution < -0.4 is 14.4 Å². The SMILES string of the molecule is COc1nc(C(C)(C)C)ccc1C=CC(=O)NCc1ccc(N(C)S(=O)O)c(F)c1. The van der Waals surface area contributed by atoms with Crippen molar-refractivity contribution in [2.45, 2.75) is 32.7 Å². The molecule has 0 saturated heterocycles. The van der Waals surface area contributed by atoms with Gasteiger partial charge in [0.25, 0.3) is 11.3 Å². The zero-order valence-electron chi connectivity index (χ0n) is 17.6. The Bertz CT molecular complexity index is 973. The molecule has 0 aliphatic carbocycles. The Morgan fingerprint density at radius 2 is 2.03 bits per heavy atom. The van der Waals surface area contributed by atoms with Crippen molar-refractivity contribution in [2.24, 2.45) is 0 Å². The van der Waals surface area contributed by atoms with Gasteiger partial charge >= 0.3 is 0 Å². The van der Waals surface area contributed by atoms with E-state index in [1.807, 2.05) is 32.9 Å². The van der Waals surface area contributed by atoms with Crippen LogP contribution in [-0.4, -0.2) is 33.8 Å². The van der Waals surface area contributed by atoms with Gasteiger partial charge in [-0.25, -0.2) is 13.6 Å². The fourth-order valence-electron chi connectivity index (χ4n) is 2.57. The Morgan fingerprint density at radius 1 is 1.33 bits per heavy atom. The molecule has 2 N–H and O–H groups in total. The predicted octanol–water partition coefficient (Wildman–Crippen LogP) is 3.43. The standard InChI is InChI=1S/C21H26FN3O4S/c1-21(2,3)18-10-7-15(20(24-18)29-5)8-11-19(26)23-13-14-6-9-17(16(22)12-14)25(4)30(27)28/h6-12H,13H2,1-5H3,(H,23,26)(H,27,28). The second kappa shape index (κ2) is 9.82. The zero-order chi connectivity index (χ0) is 22.5. The molecule has 0 fully saturated rings. The summed E-state index contributed by atoms with van der Waals surface area (Å²) < 4.78 is 40.4. The summed E-state index contributed by atoms with van der Waals surface area (Å²) in [5.74, 6) is -0.596. The summed E-state index contributed by atoms with van der Waals surface area (Å²) >= 11 is -2.32. The molecular weight excluding hydrogens is 409 g/mol. The molecule has 1 aromatic carbocycles. The monoisotopic (exact) mass is 435 g/mol. The van der Waals surface area contributed by atoms with Crippen LogP contribution in [0.1, 0.15) is 37.6 Å². The average molecular weight is 436 g/mol. The average Bonchev–Trinajstić information content (AvgIpc) is 2.69. The molecule has 9 heteroatoms. The van der Waals surface area contributed by atoms with Gasteiger partial charge < -0.3 is 10.1 Å². The van der Waals surface area contributed by atoms with Gasteiger partial charge in [0.05, 0.1) is 12.8 Å². The largest absolute Gasteiger partial charge is 0.481 e. The number of benzene rings is 1. The molecule has 0 bridgehead atoms. The fraction of sp³-hybridized carbons (Fsp3) is 0.333. The molecule has 1 amide bonds. The molecule has 30 heavy (non-hydrogen) atoms. The quantitative estimate of drug-likeness (QED) is 0.514. The first-order valence-electron chi connectivity index (χ1n) is 9.17. The summed E-state index contributed by atoms with van der Waals surface area (Å²) in [6, 6.07) is 7.89. The molecule has 1 atom stereocenters. The number of ether oxygens (including phenoxy) is 1. The third-order valence-electron chi connectivity index (χ3n) is 4.32.